The van der Waals surface area contributed by atoms with Crippen molar-refractivity contribution >= 4 is 0 Å². The molecule has 21 heavy (non-hydrogen) atoms. The molecule has 120 valence electrons. The van der Waals surface area contributed by atoms with Gasteiger partial charge in [0.05, 0.1) is 25.9 Å². The molecule has 1 atom stereocenters. The van der Waals surface area contributed by atoms with Crippen molar-refractivity contribution in [3.8, 4) is 0 Å². The number of nitrogens with zero attached hydrogens (tertiary/aromatic N) is 1. The summed E-state index contributed by atoms with van der Waals surface area (Å²) >= 11 is 0. The van der Waals surface area contributed by atoms with Crippen LogP contribution in [-0.4, -0.2) is 42.6 Å². The maximum absolute atomic E-state index is 11.9. The lowest BCUT2D eigenvalue weighted by molar-refractivity contribution is -0.103. The van der Waals surface area contributed by atoms with Gasteiger partial charge in [0, 0.05) is 19.4 Å². The molecule has 0 aliphatic heterocycles. The standard InChI is InChI=1S/C14H24N2O5/c1-4-11(5-2)21-13(10-20-9-8-19-3)16-7-6-12(17)15-14(16)18/h6-7,11,13H,4-5,8-10H2,1-3H3,(H,15,17,18)/t13-/m1/s1. The molecule has 1 rings (SSSR count). The van der Waals surface area contributed by atoms with Crippen LogP contribution in [0.5, 0.6) is 0 Å². The van der Waals surface area contributed by atoms with E-state index >= 15 is 0 Å². The average Bonchev–Trinajstić information content (AvgIpc) is 2.47. The maximum Gasteiger partial charge on any atom is 0.330 e. The third kappa shape index (κ3) is 5.82. The summed E-state index contributed by atoms with van der Waals surface area (Å²) in [5.41, 5.74) is -0.938. The summed E-state index contributed by atoms with van der Waals surface area (Å²) in [5.74, 6) is 0. The molecule has 1 heterocycles. The number of hydrogen-bond acceptors (Lipinski definition) is 5. The fourth-order valence-corrected chi connectivity index (χ4v) is 1.87. The van der Waals surface area contributed by atoms with E-state index < -0.39 is 17.5 Å². The Kier molecular flexibility index (Phi) is 7.96. The van der Waals surface area contributed by atoms with Gasteiger partial charge in [-0.1, -0.05) is 13.8 Å². The van der Waals surface area contributed by atoms with Gasteiger partial charge in [0.15, 0.2) is 6.23 Å². The van der Waals surface area contributed by atoms with Crippen molar-refractivity contribution < 1.29 is 14.2 Å². The first-order valence-electron chi connectivity index (χ1n) is 7.15. The summed E-state index contributed by atoms with van der Waals surface area (Å²) in [5, 5.41) is 0. The molecule has 0 aliphatic carbocycles. The minimum atomic E-state index is -0.573. The molecule has 0 fully saturated rings. The Bertz CT molecular complexity index is 507. The van der Waals surface area contributed by atoms with Crippen LogP contribution in [0, 0.1) is 0 Å². The van der Waals surface area contributed by atoms with Gasteiger partial charge >= 0.3 is 5.69 Å². The van der Waals surface area contributed by atoms with Crippen molar-refractivity contribution in [2.75, 3.05) is 26.9 Å². The van der Waals surface area contributed by atoms with Crippen molar-refractivity contribution in [2.24, 2.45) is 0 Å². The van der Waals surface area contributed by atoms with Crippen LogP contribution in [0.2, 0.25) is 0 Å². The molecule has 0 saturated carbocycles. The highest BCUT2D eigenvalue weighted by Gasteiger charge is 2.17. The van der Waals surface area contributed by atoms with Gasteiger partial charge in [0.1, 0.15) is 0 Å². The molecule has 1 aromatic heterocycles. The summed E-state index contributed by atoms with van der Waals surface area (Å²) in [6.07, 6.45) is 2.55. The topological polar surface area (TPSA) is 82.6 Å². The second-order valence-electron chi connectivity index (χ2n) is 4.61. The maximum atomic E-state index is 11.9. The lowest BCUT2D eigenvalue weighted by atomic mass is 10.2. The lowest BCUT2D eigenvalue weighted by Gasteiger charge is -2.24. The summed E-state index contributed by atoms with van der Waals surface area (Å²) in [7, 11) is 1.59. The van der Waals surface area contributed by atoms with Gasteiger partial charge in [-0.25, -0.2) is 4.79 Å². The van der Waals surface area contributed by atoms with Gasteiger partial charge in [-0.15, -0.1) is 0 Å². The van der Waals surface area contributed by atoms with Crippen molar-refractivity contribution in [3.63, 3.8) is 0 Å². The van der Waals surface area contributed by atoms with Crippen LogP contribution >= 0.6 is 0 Å². The molecule has 0 radical (unpaired) electrons. The van der Waals surface area contributed by atoms with Crippen molar-refractivity contribution in [1.29, 1.82) is 0 Å². The summed E-state index contributed by atoms with van der Waals surface area (Å²) in [4.78, 5) is 25.2. The van der Waals surface area contributed by atoms with Gasteiger partial charge in [0.2, 0.25) is 0 Å². The zero-order chi connectivity index (χ0) is 15.7. The molecule has 0 unspecified atom stereocenters. The number of nitrogens with one attached hydrogen (secondary N) is 1. The quantitative estimate of drug-likeness (QED) is 0.649. The molecule has 0 amide bonds. The third-order valence-electron chi connectivity index (χ3n) is 3.11. The van der Waals surface area contributed by atoms with E-state index in [1.54, 1.807) is 7.11 Å². The Hall–Kier alpha value is -1.44. The van der Waals surface area contributed by atoms with Crippen LogP contribution < -0.4 is 11.2 Å². The Morgan fingerprint density at radius 3 is 2.52 bits per heavy atom. The third-order valence-corrected chi connectivity index (χ3v) is 3.11. The predicted molar refractivity (Wildman–Crippen MR) is 78.5 cm³/mol. The number of methoxy groups -OCH3 is 1. The Morgan fingerprint density at radius 2 is 1.95 bits per heavy atom. The van der Waals surface area contributed by atoms with Crippen LogP contribution in [0.4, 0.5) is 0 Å². The molecule has 1 aromatic rings. The molecule has 7 nitrogen and oxygen atoms in total. The first-order chi connectivity index (χ1) is 10.1. The Balaban J connectivity index is 2.83. The average molecular weight is 300 g/mol. The van der Waals surface area contributed by atoms with Gasteiger partial charge in [-0.05, 0) is 12.8 Å². The molecule has 0 saturated heterocycles. The first kappa shape index (κ1) is 17.6. The number of H-pyrrole nitrogens is 1. The van der Waals surface area contributed by atoms with Gasteiger partial charge < -0.3 is 14.2 Å². The molecule has 0 aliphatic rings. The van der Waals surface area contributed by atoms with E-state index in [0.29, 0.717) is 13.2 Å². The Labute approximate surface area is 123 Å². The summed E-state index contributed by atoms with van der Waals surface area (Å²) < 4.78 is 17.6. The van der Waals surface area contributed by atoms with Crippen molar-refractivity contribution in [2.45, 2.75) is 39.0 Å². The van der Waals surface area contributed by atoms with Gasteiger partial charge in [-0.2, -0.15) is 0 Å². The van der Waals surface area contributed by atoms with E-state index in [4.69, 9.17) is 14.2 Å². The van der Waals surface area contributed by atoms with Crippen LogP contribution in [0.25, 0.3) is 0 Å². The van der Waals surface area contributed by atoms with E-state index in [2.05, 4.69) is 4.98 Å². The van der Waals surface area contributed by atoms with E-state index in [1.165, 1.54) is 16.8 Å². The monoisotopic (exact) mass is 300 g/mol. The number of aromatic amines is 1. The van der Waals surface area contributed by atoms with Crippen LogP contribution in [0.15, 0.2) is 21.9 Å². The van der Waals surface area contributed by atoms with Crippen molar-refractivity contribution in [1.82, 2.24) is 9.55 Å². The number of ether oxygens (including phenoxy) is 3. The first-order valence-corrected chi connectivity index (χ1v) is 7.15. The van der Waals surface area contributed by atoms with E-state index in [1.807, 2.05) is 13.8 Å². The Morgan fingerprint density at radius 1 is 1.24 bits per heavy atom. The van der Waals surface area contributed by atoms with E-state index in [-0.39, 0.29) is 12.7 Å². The molecular formula is C14H24N2O5. The molecule has 0 spiro atoms. The lowest BCUT2D eigenvalue weighted by Crippen LogP contribution is -2.36. The number of hydrogen-bond donors (Lipinski definition) is 1. The van der Waals surface area contributed by atoms with Gasteiger partial charge in [0.25, 0.3) is 5.56 Å². The normalized spacial score (nSPS) is 12.8. The smallest absolute Gasteiger partial charge is 0.330 e. The van der Waals surface area contributed by atoms with Gasteiger partial charge in [-0.3, -0.25) is 14.3 Å². The fraction of sp³-hybridized carbons (Fsp3) is 0.714. The highest BCUT2D eigenvalue weighted by atomic mass is 16.6. The SMILES string of the molecule is CCC(CC)O[C@H](COCCOC)n1ccc(=O)[nH]c1=O. The van der Waals surface area contributed by atoms with Crippen LogP contribution in [0.3, 0.4) is 0 Å². The zero-order valence-electron chi connectivity index (χ0n) is 12.8. The van der Waals surface area contributed by atoms with Crippen molar-refractivity contribution in [3.05, 3.63) is 33.1 Å². The molecule has 0 bridgehead atoms. The minimum absolute atomic E-state index is 0.0276. The number of rotatable bonds is 10. The second-order valence-corrected chi connectivity index (χ2v) is 4.61. The largest absolute Gasteiger partial charge is 0.382 e. The molecule has 1 N–H and O–H groups in total. The van der Waals surface area contributed by atoms with Crippen LogP contribution in [0.1, 0.15) is 32.9 Å². The second kappa shape index (κ2) is 9.49. The molecule has 0 aromatic carbocycles. The summed E-state index contributed by atoms with van der Waals surface area (Å²) in [6.45, 7) is 5.14. The van der Waals surface area contributed by atoms with E-state index in [9.17, 15) is 9.59 Å². The summed E-state index contributed by atoms with van der Waals surface area (Å²) in [6, 6.07) is 1.29. The predicted octanol–water partition coefficient (Wildman–Crippen LogP) is 0.903. The minimum Gasteiger partial charge on any atom is -0.382 e. The fourth-order valence-electron chi connectivity index (χ4n) is 1.87. The molecule has 7 heteroatoms. The highest BCUT2D eigenvalue weighted by molar-refractivity contribution is 4.84. The van der Waals surface area contributed by atoms with Crippen LogP contribution in [-0.2, 0) is 14.2 Å². The zero-order valence-corrected chi connectivity index (χ0v) is 12.8. The van der Waals surface area contributed by atoms with E-state index in [0.717, 1.165) is 12.8 Å². The highest BCUT2D eigenvalue weighted by Crippen LogP contribution is 2.14. The molecular weight excluding hydrogens is 276 g/mol. The number of aromatic nitrogens is 2.